The molecule has 6 rings (SSSR count). The lowest BCUT2D eigenvalue weighted by Gasteiger charge is -2.39. The summed E-state index contributed by atoms with van der Waals surface area (Å²) in [7, 11) is 0. The number of allylic oxidation sites excluding steroid dienone is 1. The molecule has 1 saturated heterocycles. The molecule has 0 bridgehead atoms. The summed E-state index contributed by atoms with van der Waals surface area (Å²) in [5.74, 6) is -2.09. The number of hydrogen-bond donors (Lipinski definition) is 2. The Bertz CT molecular complexity index is 1790. The monoisotopic (exact) mass is 635 g/mol. The zero-order chi connectivity index (χ0) is 33.1. The van der Waals surface area contributed by atoms with E-state index in [0.717, 1.165) is 11.1 Å². The molecule has 47 heavy (non-hydrogen) atoms. The van der Waals surface area contributed by atoms with Crippen molar-refractivity contribution in [3.63, 3.8) is 0 Å². The summed E-state index contributed by atoms with van der Waals surface area (Å²) in [6.45, 7) is 3.75. The fourth-order valence-corrected chi connectivity index (χ4v) is 6.28. The van der Waals surface area contributed by atoms with Gasteiger partial charge in [0.05, 0.1) is 36.9 Å². The number of rotatable bonds is 12. The van der Waals surface area contributed by atoms with E-state index >= 15 is 0 Å². The van der Waals surface area contributed by atoms with Crippen LogP contribution in [0.1, 0.15) is 55.0 Å². The van der Waals surface area contributed by atoms with Gasteiger partial charge in [-0.2, -0.15) is 0 Å². The van der Waals surface area contributed by atoms with E-state index in [4.69, 9.17) is 4.74 Å². The Morgan fingerprint density at radius 2 is 1.81 bits per heavy atom. The minimum Gasteiger partial charge on any atom is -0.441 e. The molecule has 0 spiro atoms. The molecule has 3 aromatic carbocycles. The van der Waals surface area contributed by atoms with Crippen LogP contribution in [-0.2, 0) is 37.8 Å². The van der Waals surface area contributed by atoms with Crippen LogP contribution < -0.4 is 9.80 Å². The number of β-lactam (4-membered cyclic amide) rings is 1. The summed E-state index contributed by atoms with van der Waals surface area (Å²) < 4.78 is 7.01. The molecule has 2 aliphatic rings. The minimum absolute atomic E-state index is 0.0688. The number of ether oxygens (including phenoxy) is 1. The Kier molecular flexibility index (Phi) is 9.01. The summed E-state index contributed by atoms with van der Waals surface area (Å²) in [4.78, 5) is 41.2. The Morgan fingerprint density at radius 3 is 2.49 bits per heavy atom. The maximum atomic E-state index is 14.1. The van der Waals surface area contributed by atoms with E-state index in [1.165, 1.54) is 11.8 Å². The first kappa shape index (κ1) is 31.8. The number of hydrogen-bond acceptors (Lipinski definition) is 8. The van der Waals surface area contributed by atoms with Gasteiger partial charge in [0.1, 0.15) is 0 Å². The first-order valence-corrected chi connectivity index (χ1v) is 15.6. The summed E-state index contributed by atoms with van der Waals surface area (Å²) in [5, 5.41) is 30.7. The highest BCUT2D eigenvalue weighted by molar-refractivity contribution is 6.08. The fraction of sp³-hybridized carbons (Fsp3) is 0.306. The Hall–Kier alpha value is -5.13. The maximum Gasteiger partial charge on any atom is 0.304 e. The van der Waals surface area contributed by atoms with Crippen LogP contribution in [0.3, 0.4) is 0 Å². The third-order valence-electron chi connectivity index (χ3n) is 8.83. The SMILES string of the molecule is CC(=O)OC1CC(=O)N1c1ccc2c(c1)[C@@](O)([C@H](C)/C=C/CCn1cc(C(CO)c3ccccc3)nn1)C(=O)N2Cc1ccccc1. The number of aromatic nitrogens is 3. The molecule has 2 amide bonds. The molecule has 1 aromatic heterocycles. The van der Waals surface area contributed by atoms with Crippen LogP contribution in [-0.4, -0.2) is 55.8 Å². The molecule has 242 valence electrons. The third kappa shape index (κ3) is 6.19. The van der Waals surface area contributed by atoms with Crippen molar-refractivity contribution in [1.29, 1.82) is 0 Å². The molecule has 0 radical (unpaired) electrons. The summed E-state index contributed by atoms with van der Waals surface area (Å²) in [5.41, 5.74) is 1.99. The highest BCUT2D eigenvalue weighted by atomic mass is 16.6. The van der Waals surface area contributed by atoms with E-state index < -0.39 is 29.6 Å². The van der Waals surface area contributed by atoms with Gasteiger partial charge >= 0.3 is 5.97 Å². The van der Waals surface area contributed by atoms with Crippen LogP contribution in [0.2, 0.25) is 0 Å². The molecule has 2 N–H and O–H groups in total. The number of fused-ring (bicyclic) bond motifs is 1. The maximum absolute atomic E-state index is 14.1. The number of amides is 2. The van der Waals surface area contributed by atoms with Crippen molar-refractivity contribution in [1.82, 2.24) is 15.0 Å². The van der Waals surface area contributed by atoms with Crippen LogP contribution in [0.4, 0.5) is 11.4 Å². The molecule has 2 aliphatic heterocycles. The predicted molar refractivity (Wildman–Crippen MR) is 174 cm³/mol. The molecule has 3 heterocycles. The van der Waals surface area contributed by atoms with Gasteiger partial charge in [0, 0.05) is 36.8 Å². The number of esters is 1. The van der Waals surface area contributed by atoms with E-state index in [0.29, 0.717) is 35.6 Å². The largest absolute Gasteiger partial charge is 0.441 e. The third-order valence-corrected chi connectivity index (χ3v) is 8.83. The topological polar surface area (TPSA) is 138 Å². The number of benzene rings is 3. The van der Waals surface area contributed by atoms with Crippen LogP contribution >= 0.6 is 0 Å². The second-order valence-electron chi connectivity index (χ2n) is 11.9. The molecular weight excluding hydrogens is 598 g/mol. The van der Waals surface area contributed by atoms with E-state index in [-0.39, 0.29) is 31.4 Å². The van der Waals surface area contributed by atoms with Gasteiger partial charge in [0.25, 0.3) is 5.91 Å². The number of aryl methyl sites for hydroxylation is 1. The number of anilines is 2. The van der Waals surface area contributed by atoms with Crippen LogP contribution in [0.25, 0.3) is 0 Å². The van der Waals surface area contributed by atoms with Crippen molar-refractivity contribution >= 4 is 29.2 Å². The molecule has 4 atom stereocenters. The number of aliphatic hydroxyl groups is 2. The van der Waals surface area contributed by atoms with Crippen molar-refractivity contribution < 1.29 is 29.3 Å². The lowest BCUT2D eigenvalue weighted by atomic mass is 9.82. The van der Waals surface area contributed by atoms with Crippen molar-refractivity contribution in [3.8, 4) is 0 Å². The minimum atomic E-state index is -1.91. The number of carbonyl (C=O) groups is 3. The first-order chi connectivity index (χ1) is 22.7. The second kappa shape index (κ2) is 13.3. The van der Waals surface area contributed by atoms with Gasteiger partial charge in [-0.25, -0.2) is 0 Å². The van der Waals surface area contributed by atoms with E-state index in [1.54, 1.807) is 34.7 Å². The molecule has 0 saturated carbocycles. The molecule has 2 unspecified atom stereocenters. The molecule has 1 fully saturated rings. The van der Waals surface area contributed by atoms with Gasteiger partial charge in [-0.3, -0.25) is 24.0 Å². The van der Waals surface area contributed by atoms with Gasteiger partial charge in [-0.05, 0) is 35.7 Å². The molecule has 11 nitrogen and oxygen atoms in total. The Balaban J connectivity index is 1.22. The highest BCUT2D eigenvalue weighted by Crippen LogP contribution is 2.48. The van der Waals surface area contributed by atoms with Gasteiger partial charge < -0.3 is 19.8 Å². The number of carbonyl (C=O) groups excluding carboxylic acids is 3. The van der Waals surface area contributed by atoms with Crippen LogP contribution in [0.5, 0.6) is 0 Å². The summed E-state index contributed by atoms with van der Waals surface area (Å²) in [6, 6.07) is 24.3. The predicted octanol–water partition coefficient (Wildman–Crippen LogP) is 4.05. The zero-order valence-corrected chi connectivity index (χ0v) is 26.3. The number of nitrogens with zero attached hydrogens (tertiary/aromatic N) is 5. The number of aliphatic hydroxyl groups excluding tert-OH is 1. The molecule has 11 heteroatoms. The van der Waals surface area contributed by atoms with Crippen molar-refractivity contribution in [2.45, 2.75) is 57.5 Å². The molecule has 4 aromatic rings. The Labute approximate surface area is 272 Å². The quantitative estimate of drug-likeness (QED) is 0.135. The Morgan fingerprint density at radius 1 is 1.09 bits per heavy atom. The molecule has 0 aliphatic carbocycles. The lowest BCUT2D eigenvalue weighted by molar-refractivity contribution is -0.153. The van der Waals surface area contributed by atoms with E-state index in [1.807, 2.05) is 79.0 Å². The van der Waals surface area contributed by atoms with Crippen molar-refractivity contribution in [3.05, 3.63) is 120 Å². The normalized spacial score (nSPS) is 20.3. The van der Waals surface area contributed by atoms with Crippen molar-refractivity contribution in [2.24, 2.45) is 5.92 Å². The van der Waals surface area contributed by atoms with Gasteiger partial charge in [0.15, 0.2) is 11.8 Å². The molecular formula is C36H37N5O6. The average molecular weight is 636 g/mol. The van der Waals surface area contributed by atoms with E-state index in [2.05, 4.69) is 10.3 Å². The van der Waals surface area contributed by atoms with Gasteiger partial charge in [-0.15, -0.1) is 5.10 Å². The summed E-state index contributed by atoms with van der Waals surface area (Å²) >= 11 is 0. The van der Waals surface area contributed by atoms with Crippen LogP contribution in [0, 0.1) is 5.92 Å². The highest BCUT2D eigenvalue weighted by Gasteiger charge is 2.53. The fourth-order valence-electron chi connectivity index (χ4n) is 6.28. The van der Waals surface area contributed by atoms with Gasteiger partial charge in [0.2, 0.25) is 5.91 Å². The van der Waals surface area contributed by atoms with Crippen LogP contribution in [0.15, 0.2) is 97.2 Å². The summed E-state index contributed by atoms with van der Waals surface area (Å²) in [6.07, 6.45) is 5.42. The first-order valence-electron chi connectivity index (χ1n) is 15.6. The smallest absolute Gasteiger partial charge is 0.304 e. The van der Waals surface area contributed by atoms with E-state index in [9.17, 15) is 24.6 Å². The standard InChI is InChI=1S/C36H37N5O6/c1-24(11-9-10-18-39-22-31(37-38-39)29(23-42)27-14-7-4-8-15-27)36(46)30-19-28(41-33(44)20-34(41)47-25(2)43)16-17-32(30)40(35(36)45)21-26-12-5-3-6-13-26/h3-9,11-17,19,22,24,29,34,42,46H,10,18,20-21,23H2,1-2H3/b11-9+/t24-,29?,34?,36+/m1/s1. The van der Waals surface area contributed by atoms with Crippen molar-refractivity contribution in [2.75, 3.05) is 16.4 Å². The second-order valence-corrected chi connectivity index (χ2v) is 11.9. The van der Waals surface area contributed by atoms with Gasteiger partial charge in [-0.1, -0.05) is 85.0 Å². The lowest BCUT2D eigenvalue weighted by Crippen LogP contribution is -2.55. The zero-order valence-electron chi connectivity index (χ0n) is 26.3. The average Bonchev–Trinajstić information content (AvgIpc) is 3.61.